The Morgan fingerprint density at radius 2 is 2.47 bits per heavy atom. The Hall–Kier alpha value is -1.56. The highest BCUT2D eigenvalue weighted by atomic mass is 79.9. The average molecular weight is 270 g/mol. The van der Waals surface area contributed by atoms with Crippen LogP contribution in [0.1, 0.15) is 10.4 Å². The van der Waals surface area contributed by atoms with Gasteiger partial charge in [-0.2, -0.15) is 5.10 Å². The summed E-state index contributed by atoms with van der Waals surface area (Å²) in [6.07, 6.45) is 4.74. The van der Waals surface area contributed by atoms with E-state index in [-0.39, 0.29) is 5.91 Å². The fourth-order valence-electron chi connectivity index (χ4n) is 1.14. The van der Waals surface area contributed by atoms with Gasteiger partial charge in [-0.25, -0.2) is 0 Å². The third-order valence-electron chi connectivity index (χ3n) is 1.83. The van der Waals surface area contributed by atoms with Gasteiger partial charge in [0, 0.05) is 13.2 Å². The van der Waals surface area contributed by atoms with E-state index in [1.165, 1.54) is 6.26 Å². The molecule has 0 fully saturated rings. The molecule has 2 aromatic heterocycles. The second kappa shape index (κ2) is 3.90. The van der Waals surface area contributed by atoms with Crippen LogP contribution in [0.2, 0.25) is 0 Å². The summed E-state index contributed by atoms with van der Waals surface area (Å²) in [5, 5.41) is 6.63. The molecule has 0 aromatic carbocycles. The van der Waals surface area contributed by atoms with Gasteiger partial charge in [0.25, 0.3) is 5.91 Å². The summed E-state index contributed by atoms with van der Waals surface area (Å²) in [5.41, 5.74) is 1.11. The number of anilines is 1. The van der Waals surface area contributed by atoms with Crippen LogP contribution in [0.5, 0.6) is 0 Å². The van der Waals surface area contributed by atoms with E-state index in [4.69, 9.17) is 4.42 Å². The molecule has 0 bridgehead atoms. The zero-order valence-corrected chi connectivity index (χ0v) is 9.48. The van der Waals surface area contributed by atoms with E-state index in [1.54, 1.807) is 30.2 Å². The maximum atomic E-state index is 11.7. The van der Waals surface area contributed by atoms with Gasteiger partial charge in [-0.3, -0.25) is 9.48 Å². The minimum absolute atomic E-state index is 0.233. The van der Waals surface area contributed by atoms with E-state index in [0.29, 0.717) is 15.9 Å². The van der Waals surface area contributed by atoms with Crippen molar-refractivity contribution in [3.05, 3.63) is 35.0 Å². The molecule has 2 heterocycles. The molecule has 5 nitrogen and oxygen atoms in total. The van der Waals surface area contributed by atoms with Gasteiger partial charge in [0.1, 0.15) is 0 Å². The Balaban J connectivity index is 2.14. The van der Waals surface area contributed by atoms with Crippen LogP contribution in [0, 0.1) is 0 Å². The lowest BCUT2D eigenvalue weighted by atomic mass is 10.3. The van der Waals surface area contributed by atoms with Crippen molar-refractivity contribution in [3.8, 4) is 0 Å². The van der Waals surface area contributed by atoms with Crippen molar-refractivity contribution in [2.75, 3.05) is 5.32 Å². The quantitative estimate of drug-likeness (QED) is 0.908. The number of furan rings is 1. The summed E-state index contributed by atoms with van der Waals surface area (Å²) < 4.78 is 6.99. The summed E-state index contributed by atoms with van der Waals surface area (Å²) >= 11 is 3.14. The molecule has 0 saturated heterocycles. The Morgan fingerprint density at radius 3 is 3.00 bits per heavy atom. The number of aryl methyl sites for hydroxylation is 1. The SMILES string of the molecule is Cn1cc(NC(=O)c2ccoc2Br)cn1. The van der Waals surface area contributed by atoms with Crippen LogP contribution in [0.15, 0.2) is 33.8 Å². The molecule has 0 saturated carbocycles. The largest absolute Gasteiger partial charge is 0.457 e. The number of amides is 1. The summed E-state index contributed by atoms with van der Waals surface area (Å²) in [7, 11) is 1.78. The van der Waals surface area contributed by atoms with Crippen LogP contribution >= 0.6 is 15.9 Å². The molecule has 0 aliphatic rings. The van der Waals surface area contributed by atoms with Gasteiger partial charge < -0.3 is 9.73 Å². The fourth-order valence-corrected chi connectivity index (χ4v) is 1.56. The van der Waals surface area contributed by atoms with Gasteiger partial charge >= 0.3 is 0 Å². The number of carbonyl (C=O) groups excluding carboxylic acids is 1. The van der Waals surface area contributed by atoms with Crippen molar-refractivity contribution in [1.29, 1.82) is 0 Å². The van der Waals surface area contributed by atoms with Crippen LogP contribution in [0.3, 0.4) is 0 Å². The molecule has 2 rings (SSSR count). The molecule has 78 valence electrons. The van der Waals surface area contributed by atoms with Gasteiger partial charge in [0.15, 0.2) is 4.67 Å². The highest BCUT2D eigenvalue weighted by Gasteiger charge is 2.12. The Morgan fingerprint density at radius 1 is 1.67 bits per heavy atom. The molecule has 0 aliphatic heterocycles. The number of hydrogen-bond acceptors (Lipinski definition) is 3. The first kappa shape index (κ1) is 9.97. The van der Waals surface area contributed by atoms with Gasteiger partial charge in [0.05, 0.1) is 23.7 Å². The van der Waals surface area contributed by atoms with Crippen molar-refractivity contribution < 1.29 is 9.21 Å². The average Bonchev–Trinajstić information content (AvgIpc) is 2.75. The molecular weight excluding hydrogens is 262 g/mol. The van der Waals surface area contributed by atoms with Crippen molar-refractivity contribution in [1.82, 2.24) is 9.78 Å². The minimum Gasteiger partial charge on any atom is -0.457 e. The number of hydrogen-bond donors (Lipinski definition) is 1. The molecule has 0 spiro atoms. The van der Waals surface area contributed by atoms with E-state index < -0.39 is 0 Å². The third-order valence-corrected chi connectivity index (χ3v) is 2.44. The standard InChI is InChI=1S/C9H8BrN3O2/c1-13-5-6(4-11-13)12-9(14)7-2-3-15-8(7)10/h2-5H,1H3,(H,12,14). The summed E-state index contributed by atoms with van der Waals surface area (Å²) in [5.74, 6) is -0.233. The van der Waals surface area contributed by atoms with Gasteiger partial charge in [-0.05, 0) is 22.0 Å². The highest BCUT2D eigenvalue weighted by molar-refractivity contribution is 9.10. The first-order valence-corrected chi connectivity index (χ1v) is 4.99. The molecule has 0 atom stereocenters. The molecule has 1 N–H and O–H groups in total. The second-order valence-electron chi connectivity index (χ2n) is 2.96. The maximum Gasteiger partial charge on any atom is 0.260 e. The molecular formula is C9H8BrN3O2. The lowest BCUT2D eigenvalue weighted by molar-refractivity contribution is 0.102. The summed E-state index contributed by atoms with van der Waals surface area (Å²) in [6.45, 7) is 0. The Kier molecular flexibility index (Phi) is 2.59. The van der Waals surface area contributed by atoms with Crippen LogP contribution in [-0.2, 0) is 7.05 Å². The van der Waals surface area contributed by atoms with Crippen LogP contribution in [-0.4, -0.2) is 15.7 Å². The van der Waals surface area contributed by atoms with E-state index in [0.717, 1.165) is 0 Å². The van der Waals surface area contributed by atoms with Crippen molar-refractivity contribution in [2.45, 2.75) is 0 Å². The van der Waals surface area contributed by atoms with Gasteiger partial charge in [-0.15, -0.1) is 0 Å². The van der Waals surface area contributed by atoms with Crippen molar-refractivity contribution in [3.63, 3.8) is 0 Å². The van der Waals surface area contributed by atoms with Crippen LogP contribution in [0.25, 0.3) is 0 Å². The molecule has 0 radical (unpaired) electrons. The predicted octanol–water partition coefficient (Wildman–Crippen LogP) is 2.03. The zero-order valence-electron chi connectivity index (χ0n) is 7.90. The molecule has 0 aliphatic carbocycles. The van der Waals surface area contributed by atoms with Gasteiger partial charge in [-0.1, -0.05) is 0 Å². The first-order valence-electron chi connectivity index (χ1n) is 4.20. The van der Waals surface area contributed by atoms with Crippen molar-refractivity contribution >= 4 is 27.5 Å². The van der Waals surface area contributed by atoms with E-state index in [2.05, 4.69) is 26.3 Å². The molecule has 0 unspecified atom stereocenters. The van der Waals surface area contributed by atoms with Crippen molar-refractivity contribution in [2.24, 2.45) is 7.05 Å². The maximum absolute atomic E-state index is 11.7. The highest BCUT2D eigenvalue weighted by Crippen LogP contribution is 2.18. The number of nitrogens with zero attached hydrogens (tertiary/aromatic N) is 2. The summed E-state index contributed by atoms with van der Waals surface area (Å²) in [6, 6.07) is 1.59. The lowest BCUT2D eigenvalue weighted by Crippen LogP contribution is -2.10. The third kappa shape index (κ3) is 2.10. The summed E-state index contributed by atoms with van der Waals surface area (Å²) in [4.78, 5) is 11.7. The smallest absolute Gasteiger partial charge is 0.260 e. The van der Waals surface area contributed by atoms with Gasteiger partial charge in [0.2, 0.25) is 0 Å². The monoisotopic (exact) mass is 269 g/mol. The zero-order chi connectivity index (χ0) is 10.8. The van der Waals surface area contributed by atoms with E-state index in [9.17, 15) is 4.79 Å². The van der Waals surface area contributed by atoms with E-state index >= 15 is 0 Å². The Labute approximate surface area is 94.2 Å². The van der Waals surface area contributed by atoms with Crippen LogP contribution < -0.4 is 5.32 Å². The topological polar surface area (TPSA) is 60.1 Å². The number of carbonyl (C=O) groups is 1. The molecule has 1 amide bonds. The normalized spacial score (nSPS) is 10.3. The number of halogens is 1. The minimum atomic E-state index is -0.233. The fraction of sp³-hybridized carbons (Fsp3) is 0.111. The predicted molar refractivity (Wildman–Crippen MR) is 57.6 cm³/mol. The molecule has 2 aromatic rings. The number of rotatable bonds is 2. The number of nitrogens with one attached hydrogen (secondary N) is 1. The molecule has 6 heteroatoms. The Bertz CT molecular complexity index is 489. The molecule has 15 heavy (non-hydrogen) atoms. The second-order valence-corrected chi connectivity index (χ2v) is 3.69. The van der Waals surface area contributed by atoms with E-state index in [1.807, 2.05) is 0 Å². The first-order chi connectivity index (χ1) is 7.16. The van der Waals surface area contributed by atoms with Crippen LogP contribution in [0.4, 0.5) is 5.69 Å². The number of aromatic nitrogens is 2. The lowest BCUT2D eigenvalue weighted by Gasteiger charge is -1.99.